The number of nitrogens with zero attached hydrogens (tertiary/aromatic N) is 2. The fourth-order valence-corrected chi connectivity index (χ4v) is 3.66. The summed E-state index contributed by atoms with van der Waals surface area (Å²) in [6.45, 7) is 3.91. The monoisotopic (exact) mass is 470 g/mol. The number of hydrogen-bond acceptors (Lipinski definition) is 5. The Labute approximate surface area is 196 Å². The molecule has 8 nitrogen and oxygen atoms in total. The van der Waals surface area contributed by atoms with Crippen LogP contribution < -0.4 is 26.6 Å². The van der Waals surface area contributed by atoms with Crippen LogP contribution >= 0.6 is 11.6 Å². The number of nitrogen functional groups attached to an aromatic ring is 1. The maximum absolute atomic E-state index is 13.1. The Morgan fingerprint density at radius 3 is 2.58 bits per heavy atom. The van der Waals surface area contributed by atoms with Gasteiger partial charge in [0.05, 0.1) is 6.54 Å². The van der Waals surface area contributed by atoms with Gasteiger partial charge in [-0.3, -0.25) is 19.1 Å². The zero-order valence-corrected chi connectivity index (χ0v) is 19.4. The normalized spacial score (nSPS) is 10.8. The fraction of sp³-hybridized carbons (Fsp3) is 0.292. The van der Waals surface area contributed by atoms with Gasteiger partial charge in [0.1, 0.15) is 11.6 Å². The molecular formula is C24H27ClN4O4. The van der Waals surface area contributed by atoms with Crippen molar-refractivity contribution in [2.75, 3.05) is 23.8 Å². The molecule has 33 heavy (non-hydrogen) atoms. The number of nitrogens with one attached hydrogen (secondary N) is 1. The van der Waals surface area contributed by atoms with Gasteiger partial charge in [0.2, 0.25) is 0 Å². The van der Waals surface area contributed by atoms with E-state index in [0.717, 1.165) is 17.5 Å². The van der Waals surface area contributed by atoms with Crippen LogP contribution in [0.25, 0.3) is 0 Å². The number of H-pyrrole nitrogens is 1. The zero-order chi connectivity index (χ0) is 24.0. The predicted molar refractivity (Wildman–Crippen MR) is 130 cm³/mol. The summed E-state index contributed by atoms with van der Waals surface area (Å²) in [5, 5.41) is 0.565. The van der Waals surface area contributed by atoms with E-state index < -0.39 is 17.2 Å². The molecule has 2 aromatic carbocycles. The van der Waals surface area contributed by atoms with Crippen LogP contribution in [0.4, 0.5) is 11.5 Å². The molecule has 3 rings (SSSR count). The van der Waals surface area contributed by atoms with Crippen molar-refractivity contribution in [1.82, 2.24) is 9.55 Å². The second kappa shape index (κ2) is 10.9. The van der Waals surface area contributed by atoms with E-state index in [1.165, 1.54) is 9.47 Å². The van der Waals surface area contributed by atoms with Crippen molar-refractivity contribution in [2.24, 2.45) is 0 Å². The van der Waals surface area contributed by atoms with Crippen LogP contribution in [0.15, 0.2) is 58.1 Å². The molecule has 0 saturated heterocycles. The summed E-state index contributed by atoms with van der Waals surface area (Å²) in [6, 6.07) is 14.3. The van der Waals surface area contributed by atoms with Crippen LogP contribution in [0.2, 0.25) is 5.02 Å². The third-order valence-corrected chi connectivity index (χ3v) is 5.43. The number of aromatic nitrogens is 2. The standard InChI is InChI=1S/C24H27ClN4O4/c1-3-4-12-28(20(30)15-33-19-11-10-18(25)13-16(19)2)21-22(26)29(24(32)27-23(21)31)14-17-8-6-5-7-9-17/h5-11,13H,3-4,12,14-15,26H2,1-2H3,(H,27,31,32). The number of halogens is 1. The largest absolute Gasteiger partial charge is 0.483 e. The van der Waals surface area contributed by atoms with Gasteiger partial charge in [0.15, 0.2) is 12.3 Å². The van der Waals surface area contributed by atoms with E-state index in [-0.39, 0.29) is 31.2 Å². The number of rotatable bonds is 9. The molecule has 1 aromatic heterocycles. The Morgan fingerprint density at radius 2 is 1.91 bits per heavy atom. The molecule has 0 unspecified atom stereocenters. The summed E-state index contributed by atoms with van der Waals surface area (Å²) in [7, 11) is 0. The first kappa shape index (κ1) is 24.1. The molecule has 174 valence electrons. The summed E-state index contributed by atoms with van der Waals surface area (Å²) in [5.41, 5.74) is 6.49. The summed E-state index contributed by atoms with van der Waals surface area (Å²) in [6.07, 6.45) is 1.44. The van der Waals surface area contributed by atoms with Crippen LogP contribution in [-0.2, 0) is 11.3 Å². The highest BCUT2D eigenvalue weighted by Crippen LogP contribution is 2.23. The molecule has 0 atom stereocenters. The van der Waals surface area contributed by atoms with Crippen LogP contribution in [0, 0.1) is 6.92 Å². The summed E-state index contributed by atoms with van der Waals surface area (Å²) in [4.78, 5) is 42.0. The first-order valence-corrected chi connectivity index (χ1v) is 11.1. The lowest BCUT2D eigenvalue weighted by molar-refractivity contribution is -0.120. The number of benzene rings is 2. The number of carbonyl (C=O) groups is 1. The number of unbranched alkanes of at least 4 members (excludes halogenated alkanes) is 1. The first-order chi connectivity index (χ1) is 15.8. The van der Waals surface area contributed by atoms with Gasteiger partial charge < -0.3 is 15.4 Å². The molecular weight excluding hydrogens is 444 g/mol. The van der Waals surface area contributed by atoms with E-state index in [2.05, 4.69) is 4.98 Å². The van der Waals surface area contributed by atoms with Gasteiger partial charge in [-0.05, 0) is 42.7 Å². The van der Waals surface area contributed by atoms with Crippen molar-refractivity contribution in [3.8, 4) is 5.75 Å². The Balaban J connectivity index is 1.93. The minimum Gasteiger partial charge on any atom is -0.483 e. The van der Waals surface area contributed by atoms with Gasteiger partial charge in [-0.2, -0.15) is 0 Å². The number of carbonyl (C=O) groups excluding carboxylic acids is 1. The number of hydrogen-bond donors (Lipinski definition) is 2. The van der Waals surface area contributed by atoms with E-state index in [1.54, 1.807) is 18.2 Å². The highest BCUT2D eigenvalue weighted by Gasteiger charge is 2.24. The van der Waals surface area contributed by atoms with Crippen molar-refractivity contribution in [1.29, 1.82) is 0 Å². The SMILES string of the molecule is CCCCN(C(=O)COc1ccc(Cl)cc1C)c1c(N)n(Cc2ccccc2)c(=O)[nH]c1=O. The molecule has 3 aromatic rings. The number of aromatic amines is 1. The van der Waals surface area contributed by atoms with Gasteiger partial charge in [0, 0.05) is 11.6 Å². The van der Waals surface area contributed by atoms with Crippen LogP contribution in [0.3, 0.4) is 0 Å². The van der Waals surface area contributed by atoms with Crippen molar-refractivity contribution in [2.45, 2.75) is 33.2 Å². The van der Waals surface area contributed by atoms with E-state index in [9.17, 15) is 14.4 Å². The maximum atomic E-state index is 13.1. The molecule has 9 heteroatoms. The van der Waals surface area contributed by atoms with Crippen LogP contribution in [-0.4, -0.2) is 28.6 Å². The third-order valence-electron chi connectivity index (χ3n) is 5.19. The second-order valence-electron chi connectivity index (χ2n) is 7.66. The molecule has 0 aliphatic heterocycles. The van der Waals surface area contributed by atoms with E-state index in [0.29, 0.717) is 17.2 Å². The van der Waals surface area contributed by atoms with Crippen LogP contribution in [0.1, 0.15) is 30.9 Å². The summed E-state index contributed by atoms with van der Waals surface area (Å²) in [5.74, 6) is -0.00115. The number of amides is 1. The highest BCUT2D eigenvalue weighted by molar-refractivity contribution is 6.30. The lowest BCUT2D eigenvalue weighted by Gasteiger charge is -2.24. The minimum atomic E-state index is -0.714. The molecule has 0 aliphatic rings. The number of anilines is 2. The predicted octanol–water partition coefficient (Wildman–Crippen LogP) is 3.34. The summed E-state index contributed by atoms with van der Waals surface area (Å²) >= 11 is 5.98. The van der Waals surface area contributed by atoms with Gasteiger partial charge in [-0.15, -0.1) is 0 Å². The molecule has 0 saturated carbocycles. The third kappa shape index (κ3) is 5.84. The van der Waals surface area contributed by atoms with E-state index in [1.807, 2.05) is 44.2 Å². The molecule has 1 heterocycles. The molecule has 1 amide bonds. The van der Waals surface area contributed by atoms with Crippen molar-refractivity contribution in [3.05, 3.63) is 85.5 Å². The van der Waals surface area contributed by atoms with E-state index in [4.69, 9.17) is 22.1 Å². The Morgan fingerprint density at radius 1 is 1.18 bits per heavy atom. The quantitative estimate of drug-likeness (QED) is 0.498. The van der Waals surface area contributed by atoms with Crippen molar-refractivity contribution in [3.63, 3.8) is 0 Å². The highest BCUT2D eigenvalue weighted by atomic mass is 35.5. The lowest BCUT2D eigenvalue weighted by Crippen LogP contribution is -2.43. The van der Waals surface area contributed by atoms with Crippen molar-refractivity contribution < 1.29 is 9.53 Å². The molecule has 0 fully saturated rings. The Kier molecular flexibility index (Phi) is 7.95. The number of nitrogens with two attached hydrogens (primary N) is 1. The smallest absolute Gasteiger partial charge is 0.330 e. The Hall–Kier alpha value is -3.52. The van der Waals surface area contributed by atoms with Gasteiger partial charge in [-0.1, -0.05) is 55.3 Å². The van der Waals surface area contributed by atoms with Gasteiger partial charge in [-0.25, -0.2) is 4.79 Å². The van der Waals surface area contributed by atoms with Crippen LogP contribution in [0.5, 0.6) is 5.75 Å². The average Bonchev–Trinajstić information content (AvgIpc) is 2.78. The number of ether oxygens (including phenoxy) is 1. The van der Waals surface area contributed by atoms with Gasteiger partial charge >= 0.3 is 5.69 Å². The molecule has 0 radical (unpaired) electrons. The molecule has 0 bridgehead atoms. The van der Waals surface area contributed by atoms with E-state index >= 15 is 0 Å². The minimum absolute atomic E-state index is 0.0552. The zero-order valence-electron chi connectivity index (χ0n) is 18.6. The fourth-order valence-electron chi connectivity index (χ4n) is 3.43. The van der Waals surface area contributed by atoms with Gasteiger partial charge in [0.25, 0.3) is 11.5 Å². The summed E-state index contributed by atoms with van der Waals surface area (Å²) < 4.78 is 6.95. The molecule has 0 aliphatic carbocycles. The lowest BCUT2D eigenvalue weighted by atomic mass is 10.2. The number of aryl methyl sites for hydroxylation is 1. The Bertz CT molecular complexity index is 1240. The maximum Gasteiger partial charge on any atom is 0.330 e. The van der Waals surface area contributed by atoms with Crippen molar-refractivity contribution >= 4 is 29.0 Å². The first-order valence-electron chi connectivity index (χ1n) is 10.7. The second-order valence-corrected chi connectivity index (χ2v) is 8.10. The topological polar surface area (TPSA) is 110 Å². The molecule has 0 spiro atoms. The molecule has 3 N–H and O–H groups in total. The average molecular weight is 471 g/mol.